The van der Waals surface area contributed by atoms with E-state index in [2.05, 4.69) is 39.8 Å². The van der Waals surface area contributed by atoms with Crippen molar-refractivity contribution in [1.29, 1.82) is 0 Å². The molecule has 1 aliphatic rings. The Bertz CT molecular complexity index is 918. The van der Waals surface area contributed by atoms with Gasteiger partial charge in [-0.1, -0.05) is 36.4 Å². The molecule has 3 heterocycles. The fourth-order valence-electron chi connectivity index (χ4n) is 3.86. The van der Waals surface area contributed by atoms with E-state index in [1.165, 1.54) is 11.3 Å². The first-order valence-electron chi connectivity index (χ1n) is 9.68. The van der Waals surface area contributed by atoms with Crippen molar-refractivity contribution in [3.05, 3.63) is 71.7 Å². The molecule has 1 N–H and O–H groups in total. The molecule has 5 heteroatoms. The van der Waals surface area contributed by atoms with Crippen molar-refractivity contribution in [1.82, 2.24) is 19.6 Å². The highest BCUT2D eigenvalue weighted by molar-refractivity contribution is 5.76. The fraction of sp³-hybridized carbons (Fsp3) is 0.364. The molecular weight excluding hydrogens is 336 g/mol. The fourth-order valence-corrected chi connectivity index (χ4v) is 3.86. The number of aryl methyl sites for hydroxylation is 2. The summed E-state index contributed by atoms with van der Waals surface area (Å²) in [7, 11) is 0. The third kappa shape index (κ3) is 4.03. The van der Waals surface area contributed by atoms with Crippen molar-refractivity contribution in [2.45, 2.75) is 38.8 Å². The Morgan fingerprint density at radius 1 is 1.19 bits per heavy atom. The average Bonchev–Trinajstić information content (AvgIpc) is 3.33. The van der Waals surface area contributed by atoms with Gasteiger partial charge in [0, 0.05) is 37.8 Å². The molecule has 140 valence electrons. The molecular formula is C22H26N4O. The Labute approximate surface area is 160 Å². The van der Waals surface area contributed by atoms with Gasteiger partial charge in [0.2, 0.25) is 5.91 Å². The zero-order chi connectivity index (χ0) is 18.6. The van der Waals surface area contributed by atoms with Gasteiger partial charge in [0.1, 0.15) is 5.65 Å². The first-order chi connectivity index (χ1) is 13.2. The van der Waals surface area contributed by atoms with E-state index in [1.54, 1.807) is 0 Å². The van der Waals surface area contributed by atoms with E-state index in [-0.39, 0.29) is 5.91 Å². The molecule has 0 saturated carbocycles. The van der Waals surface area contributed by atoms with Crippen LogP contribution in [0.25, 0.3) is 5.65 Å². The molecule has 3 aromatic rings. The standard InChI is InChI=1S/C22H26N4O/c1-17-6-5-9-21-24-15-20(26(17)21)14-23-19-12-13-25(16-19)22(27)11-10-18-7-3-2-4-8-18/h2-9,15,19,23H,10-14,16H2,1H3. The molecule has 1 amide bonds. The lowest BCUT2D eigenvalue weighted by molar-refractivity contribution is -0.130. The minimum absolute atomic E-state index is 0.258. The summed E-state index contributed by atoms with van der Waals surface area (Å²) < 4.78 is 2.19. The number of amides is 1. The predicted molar refractivity (Wildman–Crippen MR) is 107 cm³/mol. The van der Waals surface area contributed by atoms with E-state index in [1.807, 2.05) is 41.4 Å². The molecule has 1 atom stereocenters. The lowest BCUT2D eigenvalue weighted by atomic mass is 10.1. The van der Waals surface area contributed by atoms with Crippen LogP contribution in [-0.4, -0.2) is 39.3 Å². The lowest BCUT2D eigenvalue weighted by Gasteiger charge is -2.17. The zero-order valence-corrected chi connectivity index (χ0v) is 15.8. The highest BCUT2D eigenvalue weighted by Crippen LogP contribution is 2.14. The number of carbonyl (C=O) groups is 1. The number of carbonyl (C=O) groups excluding carboxylic acids is 1. The quantitative estimate of drug-likeness (QED) is 0.733. The molecule has 5 nitrogen and oxygen atoms in total. The third-order valence-electron chi connectivity index (χ3n) is 5.38. The van der Waals surface area contributed by atoms with Gasteiger partial charge in [-0.3, -0.25) is 4.79 Å². The Morgan fingerprint density at radius 2 is 2.04 bits per heavy atom. The average molecular weight is 362 g/mol. The van der Waals surface area contributed by atoms with Gasteiger partial charge in [0.25, 0.3) is 0 Å². The SMILES string of the molecule is Cc1cccc2ncc(CNC3CCN(C(=O)CCc4ccccc4)C3)n12. The van der Waals surface area contributed by atoms with Crippen LogP contribution in [0.1, 0.15) is 29.8 Å². The van der Waals surface area contributed by atoms with E-state index >= 15 is 0 Å². The van der Waals surface area contributed by atoms with Crippen LogP contribution in [0.3, 0.4) is 0 Å². The summed E-state index contributed by atoms with van der Waals surface area (Å²) >= 11 is 0. The van der Waals surface area contributed by atoms with Crippen LogP contribution in [0.15, 0.2) is 54.7 Å². The van der Waals surface area contributed by atoms with Crippen LogP contribution in [0, 0.1) is 6.92 Å². The van der Waals surface area contributed by atoms with Crippen LogP contribution in [0.2, 0.25) is 0 Å². The van der Waals surface area contributed by atoms with Crippen LogP contribution >= 0.6 is 0 Å². The minimum atomic E-state index is 0.258. The van der Waals surface area contributed by atoms with Gasteiger partial charge >= 0.3 is 0 Å². The molecule has 27 heavy (non-hydrogen) atoms. The second-order valence-electron chi connectivity index (χ2n) is 7.30. The van der Waals surface area contributed by atoms with Gasteiger partial charge in [0.15, 0.2) is 0 Å². The van der Waals surface area contributed by atoms with E-state index in [0.717, 1.165) is 43.8 Å². The molecule has 0 spiro atoms. The minimum Gasteiger partial charge on any atom is -0.341 e. The van der Waals surface area contributed by atoms with Gasteiger partial charge in [-0.25, -0.2) is 4.98 Å². The molecule has 0 bridgehead atoms. The van der Waals surface area contributed by atoms with Crippen molar-refractivity contribution >= 4 is 11.6 Å². The molecule has 4 rings (SSSR count). The molecule has 1 unspecified atom stereocenters. The molecule has 0 radical (unpaired) electrons. The second-order valence-corrected chi connectivity index (χ2v) is 7.30. The number of fused-ring (bicyclic) bond motifs is 1. The Balaban J connectivity index is 1.28. The van der Waals surface area contributed by atoms with Crippen LogP contribution in [0.4, 0.5) is 0 Å². The molecule has 1 aliphatic heterocycles. The van der Waals surface area contributed by atoms with Crippen molar-refractivity contribution in [2.75, 3.05) is 13.1 Å². The lowest BCUT2D eigenvalue weighted by Crippen LogP contribution is -2.35. The van der Waals surface area contributed by atoms with Crippen LogP contribution < -0.4 is 5.32 Å². The maximum atomic E-state index is 12.5. The number of rotatable bonds is 6. The van der Waals surface area contributed by atoms with Gasteiger partial charge in [-0.2, -0.15) is 0 Å². The largest absolute Gasteiger partial charge is 0.341 e. The number of benzene rings is 1. The van der Waals surface area contributed by atoms with Gasteiger partial charge in [-0.15, -0.1) is 0 Å². The number of imidazole rings is 1. The summed E-state index contributed by atoms with van der Waals surface area (Å²) in [6.07, 6.45) is 4.35. The van der Waals surface area contributed by atoms with E-state index in [9.17, 15) is 4.79 Å². The number of pyridine rings is 1. The Morgan fingerprint density at radius 3 is 2.89 bits per heavy atom. The van der Waals surface area contributed by atoms with Crippen molar-refractivity contribution < 1.29 is 4.79 Å². The number of hydrogen-bond donors (Lipinski definition) is 1. The number of nitrogens with zero attached hydrogens (tertiary/aromatic N) is 3. The van der Waals surface area contributed by atoms with E-state index in [4.69, 9.17) is 0 Å². The third-order valence-corrected chi connectivity index (χ3v) is 5.38. The van der Waals surface area contributed by atoms with Crippen molar-refractivity contribution in [3.63, 3.8) is 0 Å². The summed E-state index contributed by atoms with van der Waals surface area (Å²) in [5.74, 6) is 0.258. The topological polar surface area (TPSA) is 49.6 Å². The van der Waals surface area contributed by atoms with Crippen LogP contribution in [-0.2, 0) is 17.8 Å². The van der Waals surface area contributed by atoms with Crippen molar-refractivity contribution in [2.24, 2.45) is 0 Å². The van der Waals surface area contributed by atoms with Crippen molar-refractivity contribution in [3.8, 4) is 0 Å². The zero-order valence-electron chi connectivity index (χ0n) is 15.8. The van der Waals surface area contributed by atoms with Gasteiger partial charge in [-0.05, 0) is 37.5 Å². The van der Waals surface area contributed by atoms with E-state index < -0.39 is 0 Å². The number of nitrogens with one attached hydrogen (secondary N) is 1. The van der Waals surface area contributed by atoms with Gasteiger partial charge < -0.3 is 14.6 Å². The van der Waals surface area contributed by atoms with Crippen LogP contribution in [0.5, 0.6) is 0 Å². The summed E-state index contributed by atoms with van der Waals surface area (Å²) in [4.78, 5) is 19.0. The highest BCUT2D eigenvalue weighted by Gasteiger charge is 2.25. The molecule has 1 saturated heterocycles. The number of aromatic nitrogens is 2. The number of hydrogen-bond acceptors (Lipinski definition) is 3. The monoisotopic (exact) mass is 362 g/mol. The van der Waals surface area contributed by atoms with Gasteiger partial charge in [0.05, 0.1) is 11.9 Å². The maximum absolute atomic E-state index is 12.5. The Hall–Kier alpha value is -2.66. The normalized spacial score (nSPS) is 16.9. The summed E-state index contributed by atoms with van der Waals surface area (Å²) in [6, 6.07) is 16.7. The maximum Gasteiger partial charge on any atom is 0.222 e. The number of likely N-dealkylation sites (tertiary alicyclic amines) is 1. The smallest absolute Gasteiger partial charge is 0.222 e. The summed E-state index contributed by atoms with van der Waals surface area (Å²) in [6.45, 7) is 4.50. The summed E-state index contributed by atoms with van der Waals surface area (Å²) in [5, 5.41) is 3.61. The Kier molecular flexibility index (Phi) is 5.21. The van der Waals surface area contributed by atoms with E-state index in [0.29, 0.717) is 12.5 Å². The first kappa shape index (κ1) is 17.7. The molecule has 1 fully saturated rings. The molecule has 1 aromatic carbocycles. The second kappa shape index (κ2) is 7.92. The first-order valence-corrected chi connectivity index (χ1v) is 9.68. The predicted octanol–water partition coefficient (Wildman–Crippen LogP) is 2.97. The molecule has 2 aromatic heterocycles. The highest BCUT2D eigenvalue weighted by atomic mass is 16.2. The molecule has 0 aliphatic carbocycles. The summed E-state index contributed by atoms with van der Waals surface area (Å²) in [5.41, 5.74) is 4.56.